The fourth-order valence-electron chi connectivity index (χ4n) is 0.538. The molecule has 2 N–H and O–H groups in total. The second kappa shape index (κ2) is 5.48. The minimum Gasteiger partial charge on any atom is -0.317 e. The van der Waals surface area contributed by atoms with E-state index in [9.17, 15) is 8.42 Å². The van der Waals surface area contributed by atoms with Crippen LogP contribution in [0, 0.1) is 0 Å². The summed E-state index contributed by atoms with van der Waals surface area (Å²) in [7, 11) is -4.24. The molecule has 6 heteroatoms. The van der Waals surface area contributed by atoms with Gasteiger partial charge in [0.2, 0.25) is 0 Å². The molecule has 0 aliphatic carbocycles. The molecule has 0 aliphatic rings. The SMILES string of the molecule is CCNCCCOS(=O)(=O)O. The van der Waals surface area contributed by atoms with Crippen LogP contribution in [0.5, 0.6) is 0 Å². The van der Waals surface area contributed by atoms with Crippen molar-refractivity contribution in [2.24, 2.45) is 0 Å². The summed E-state index contributed by atoms with van der Waals surface area (Å²) in [5, 5.41) is 2.98. The lowest BCUT2D eigenvalue weighted by Gasteiger charge is -2.00. The second-order valence-electron chi connectivity index (χ2n) is 1.96. The summed E-state index contributed by atoms with van der Waals surface area (Å²) in [6.07, 6.45) is 0.563. The summed E-state index contributed by atoms with van der Waals surface area (Å²) in [6, 6.07) is 0. The summed E-state index contributed by atoms with van der Waals surface area (Å²) >= 11 is 0. The van der Waals surface area contributed by atoms with Gasteiger partial charge in [-0.2, -0.15) is 8.42 Å². The maximum atomic E-state index is 9.98. The van der Waals surface area contributed by atoms with E-state index in [1.54, 1.807) is 0 Å². The van der Waals surface area contributed by atoms with Gasteiger partial charge in [0.1, 0.15) is 0 Å². The van der Waals surface area contributed by atoms with E-state index >= 15 is 0 Å². The predicted molar refractivity (Wildman–Crippen MR) is 40.7 cm³/mol. The standard InChI is InChI=1S/C5H13NO4S/c1-2-6-4-3-5-10-11(7,8)9/h6H,2-5H2,1H3,(H,7,8,9). The van der Waals surface area contributed by atoms with Crippen LogP contribution in [0.4, 0.5) is 0 Å². The van der Waals surface area contributed by atoms with E-state index < -0.39 is 10.4 Å². The van der Waals surface area contributed by atoms with Crippen molar-refractivity contribution in [3.63, 3.8) is 0 Å². The molecule has 5 nitrogen and oxygen atoms in total. The van der Waals surface area contributed by atoms with Gasteiger partial charge in [-0.15, -0.1) is 0 Å². The number of nitrogens with one attached hydrogen (secondary N) is 1. The van der Waals surface area contributed by atoms with Gasteiger partial charge in [0.25, 0.3) is 0 Å². The largest absolute Gasteiger partial charge is 0.397 e. The van der Waals surface area contributed by atoms with Crippen LogP contribution in [0.1, 0.15) is 13.3 Å². The van der Waals surface area contributed by atoms with Crippen molar-refractivity contribution in [3.05, 3.63) is 0 Å². The normalized spacial score (nSPS) is 11.8. The predicted octanol–water partition coefficient (Wildman–Crippen LogP) is -0.195. The van der Waals surface area contributed by atoms with Crippen molar-refractivity contribution < 1.29 is 17.2 Å². The second-order valence-corrected chi connectivity index (χ2v) is 3.05. The van der Waals surface area contributed by atoms with E-state index in [-0.39, 0.29) is 6.61 Å². The van der Waals surface area contributed by atoms with Crippen LogP contribution in [0.25, 0.3) is 0 Å². The smallest absolute Gasteiger partial charge is 0.317 e. The monoisotopic (exact) mass is 183 g/mol. The first-order chi connectivity index (χ1) is 5.06. The molecular weight excluding hydrogens is 170 g/mol. The third-order valence-electron chi connectivity index (χ3n) is 0.980. The molecular formula is C5H13NO4S. The highest BCUT2D eigenvalue weighted by Crippen LogP contribution is 1.87. The van der Waals surface area contributed by atoms with Gasteiger partial charge in [-0.05, 0) is 19.5 Å². The van der Waals surface area contributed by atoms with E-state index in [1.165, 1.54) is 0 Å². The Morgan fingerprint density at radius 3 is 2.64 bits per heavy atom. The molecule has 0 saturated carbocycles. The molecule has 0 aromatic heterocycles. The number of hydrogen-bond donors (Lipinski definition) is 2. The molecule has 0 radical (unpaired) electrons. The lowest BCUT2D eigenvalue weighted by atomic mass is 10.4. The number of hydrogen-bond acceptors (Lipinski definition) is 4. The van der Waals surface area contributed by atoms with Crippen LogP contribution < -0.4 is 5.32 Å². The Kier molecular flexibility index (Phi) is 5.39. The molecule has 0 bridgehead atoms. The lowest BCUT2D eigenvalue weighted by Crippen LogP contribution is -2.16. The van der Waals surface area contributed by atoms with E-state index in [0.29, 0.717) is 13.0 Å². The van der Waals surface area contributed by atoms with Gasteiger partial charge < -0.3 is 5.32 Å². The van der Waals surface area contributed by atoms with Gasteiger partial charge in [0.05, 0.1) is 6.61 Å². The molecule has 0 rings (SSSR count). The highest BCUT2D eigenvalue weighted by Gasteiger charge is 2.01. The molecule has 68 valence electrons. The highest BCUT2D eigenvalue weighted by molar-refractivity contribution is 7.80. The van der Waals surface area contributed by atoms with Crippen LogP contribution >= 0.6 is 0 Å². The third-order valence-corrected chi connectivity index (χ3v) is 1.44. The molecule has 0 aromatic carbocycles. The van der Waals surface area contributed by atoms with E-state index in [4.69, 9.17) is 4.55 Å². The quantitative estimate of drug-likeness (QED) is 0.441. The Morgan fingerprint density at radius 2 is 2.18 bits per heavy atom. The first kappa shape index (κ1) is 10.8. The molecule has 11 heavy (non-hydrogen) atoms. The van der Waals surface area contributed by atoms with Crippen molar-refractivity contribution in [1.29, 1.82) is 0 Å². The topological polar surface area (TPSA) is 75.6 Å². The first-order valence-corrected chi connectivity index (χ1v) is 4.75. The van der Waals surface area contributed by atoms with Crippen molar-refractivity contribution in [1.82, 2.24) is 5.32 Å². The Morgan fingerprint density at radius 1 is 1.55 bits per heavy atom. The molecule has 0 amide bonds. The van der Waals surface area contributed by atoms with Crippen LogP contribution in [0.3, 0.4) is 0 Å². The molecule has 0 spiro atoms. The maximum absolute atomic E-state index is 9.98. The molecule has 0 saturated heterocycles. The van der Waals surface area contributed by atoms with Crippen LogP contribution in [-0.4, -0.2) is 32.7 Å². The minimum atomic E-state index is -4.24. The zero-order valence-electron chi connectivity index (χ0n) is 6.41. The lowest BCUT2D eigenvalue weighted by molar-refractivity contribution is 0.264. The van der Waals surface area contributed by atoms with Crippen molar-refractivity contribution in [2.75, 3.05) is 19.7 Å². The molecule has 0 aromatic rings. The fourth-order valence-corrected chi connectivity index (χ4v) is 0.867. The van der Waals surface area contributed by atoms with E-state index in [0.717, 1.165) is 6.54 Å². The zero-order valence-corrected chi connectivity index (χ0v) is 7.23. The van der Waals surface area contributed by atoms with Crippen LogP contribution in [0.15, 0.2) is 0 Å². The van der Waals surface area contributed by atoms with Crippen LogP contribution in [0.2, 0.25) is 0 Å². The molecule has 0 fully saturated rings. The highest BCUT2D eigenvalue weighted by atomic mass is 32.3. The van der Waals surface area contributed by atoms with Crippen molar-refractivity contribution in [2.45, 2.75) is 13.3 Å². The minimum absolute atomic E-state index is 0.0197. The number of rotatable bonds is 6. The summed E-state index contributed by atoms with van der Waals surface area (Å²) in [5.74, 6) is 0. The molecule has 0 heterocycles. The first-order valence-electron chi connectivity index (χ1n) is 3.39. The van der Waals surface area contributed by atoms with Gasteiger partial charge in [0, 0.05) is 0 Å². The average Bonchev–Trinajstić information content (AvgIpc) is 1.85. The fraction of sp³-hybridized carbons (Fsp3) is 1.00. The Bertz CT molecular complexity index is 177. The Hall–Kier alpha value is -0.170. The van der Waals surface area contributed by atoms with Crippen LogP contribution in [-0.2, 0) is 14.6 Å². The van der Waals surface area contributed by atoms with Gasteiger partial charge >= 0.3 is 10.4 Å². The van der Waals surface area contributed by atoms with E-state index in [2.05, 4.69) is 9.50 Å². The molecule has 0 aliphatic heterocycles. The van der Waals surface area contributed by atoms with Gasteiger partial charge in [-0.3, -0.25) is 4.55 Å². The third kappa shape index (κ3) is 9.83. The summed E-state index contributed by atoms with van der Waals surface area (Å²) < 4.78 is 32.1. The maximum Gasteiger partial charge on any atom is 0.397 e. The molecule has 0 unspecified atom stereocenters. The van der Waals surface area contributed by atoms with Crippen molar-refractivity contribution >= 4 is 10.4 Å². The zero-order chi connectivity index (χ0) is 8.74. The van der Waals surface area contributed by atoms with Crippen molar-refractivity contribution in [3.8, 4) is 0 Å². The van der Waals surface area contributed by atoms with E-state index in [1.807, 2.05) is 6.92 Å². The van der Waals surface area contributed by atoms with Gasteiger partial charge in [-0.1, -0.05) is 6.92 Å². The average molecular weight is 183 g/mol. The summed E-state index contributed by atoms with van der Waals surface area (Å²) in [6.45, 7) is 3.49. The Labute approximate surface area is 66.7 Å². The van der Waals surface area contributed by atoms with Gasteiger partial charge in [0.15, 0.2) is 0 Å². The summed E-state index contributed by atoms with van der Waals surface area (Å²) in [4.78, 5) is 0. The van der Waals surface area contributed by atoms with Gasteiger partial charge in [-0.25, -0.2) is 4.18 Å². The summed E-state index contributed by atoms with van der Waals surface area (Å²) in [5.41, 5.74) is 0. The Balaban J connectivity index is 3.16. The molecule has 0 atom stereocenters.